The summed E-state index contributed by atoms with van der Waals surface area (Å²) in [4.78, 5) is 0. The Hall–Kier alpha value is -0.390. The summed E-state index contributed by atoms with van der Waals surface area (Å²) in [6.45, 7) is 1.40. The molecule has 0 spiro atoms. The number of rotatable bonds is 1. The molecule has 0 aliphatic heterocycles. The molecule has 0 aliphatic carbocycles. The largest absolute Gasteiger partial charge is 0.495 e. The second kappa shape index (κ2) is 3.55. The Morgan fingerprint density at radius 3 is 2.50 bits per heavy atom. The minimum absolute atomic E-state index is 0.0280. The third-order valence-corrected chi connectivity index (χ3v) is 2.58. The lowest BCUT2D eigenvalue weighted by Crippen LogP contribution is -1.96. The lowest BCUT2D eigenvalue weighted by atomic mass is 10.2. The van der Waals surface area contributed by atoms with Crippen molar-refractivity contribution in [3.05, 3.63) is 26.8 Å². The van der Waals surface area contributed by atoms with Crippen LogP contribution in [0.1, 0.15) is 5.56 Å². The molecule has 0 heterocycles. The quantitative estimate of drug-likeness (QED) is 0.569. The molecule has 0 fully saturated rings. The monoisotopic (exact) mass is 284 g/mol. The highest BCUT2D eigenvalue weighted by atomic mass is 127. The zero-order valence-electron chi connectivity index (χ0n) is 6.62. The van der Waals surface area contributed by atoms with Gasteiger partial charge in [-0.1, -0.05) is 0 Å². The van der Waals surface area contributed by atoms with E-state index in [2.05, 4.69) is 0 Å². The molecule has 0 saturated heterocycles. The maximum absolute atomic E-state index is 13.1. The van der Waals surface area contributed by atoms with E-state index in [4.69, 9.17) is 4.74 Å². The lowest BCUT2D eigenvalue weighted by molar-refractivity contribution is 0.401. The number of ether oxygens (including phenoxy) is 1. The predicted molar refractivity (Wildman–Crippen MR) is 50.4 cm³/mol. The van der Waals surface area contributed by atoms with Gasteiger partial charge in [0.25, 0.3) is 0 Å². The van der Waals surface area contributed by atoms with Crippen molar-refractivity contribution in [3.8, 4) is 5.75 Å². The first kappa shape index (κ1) is 9.70. The molecule has 1 nitrogen and oxygen atoms in total. The molecular weight excluding hydrogens is 277 g/mol. The average molecular weight is 284 g/mol. The minimum Gasteiger partial charge on any atom is -0.495 e. The van der Waals surface area contributed by atoms with Crippen LogP contribution in [0.5, 0.6) is 5.75 Å². The maximum atomic E-state index is 13.1. The van der Waals surface area contributed by atoms with E-state index in [1.165, 1.54) is 20.1 Å². The molecular formula is C8H7F2IO. The minimum atomic E-state index is -0.579. The Labute approximate surface area is 82.9 Å². The zero-order valence-corrected chi connectivity index (χ0v) is 8.78. The molecule has 0 saturated carbocycles. The molecule has 66 valence electrons. The van der Waals surface area contributed by atoms with Gasteiger partial charge in [0, 0.05) is 11.6 Å². The molecule has 0 unspecified atom stereocenters. The second-order valence-electron chi connectivity index (χ2n) is 2.31. The van der Waals surface area contributed by atoms with Crippen LogP contribution in [0, 0.1) is 22.1 Å². The van der Waals surface area contributed by atoms with Crippen molar-refractivity contribution in [1.82, 2.24) is 0 Å². The van der Waals surface area contributed by atoms with Crippen molar-refractivity contribution in [2.24, 2.45) is 0 Å². The van der Waals surface area contributed by atoms with E-state index in [-0.39, 0.29) is 11.3 Å². The molecule has 0 radical (unpaired) electrons. The number of methoxy groups -OCH3 is 1. The van der Waals surface area contributed by atoms with Gasteiger partial charge in [-0.15, -0.1) is 0 Å². The van der Waals surface area contributed by atoms with Crippen LogP contribution in [0.2, 0.25) is 0 Å². The standard InChI is InChI=1S/C8H7F2IO/c1-4-5(9)3-6(12-2)8(11)7(4)10/h3H,1-2H3. The Kier molecular flexibility index (Phi) is 2.87. The average Bonchev–Trinajstić information content (AvgIpc) is 2.08. The number of hydrogen-bond donors (Lipinski definition) is 0. The van der Waals surface area contributed by atoms with Gasteiger partial charge in [0.15, 0.2) is 0 Å². The first-order chi connectivity index (χ1) is 5.57. The fraction of sp³-hybridized carbons (Fsp3) is 0.250. The molecule has 0 bridgehead atoms. The van der Waals surface area contributed by atoms with Crippen molar-refractivity contribution < 1.29 is 13.5 Å². The van der Waals surface area contributed by atoms with E-state index in [0.29, 0.717) is 3.57 Å². The van der Waals surface area contributed by atoms with E-state index in [1.54, 1.807) is 22.6 Å². The van der Waals surface area contributed by atoms with Gasteiger partial charge in [0.1, 0.15) is 17.4 Å². The highest BCUT2D eigenvalue weighted by Crippen LogP contribution is 2.27. The fourth-order valence-corrected chi connectivity index (χ4v) is 1.59. The summed E-state index contributed by atoms with van der Waals surface area (Å²) in [5.41, 5.74) is 0.0280. The zero-order chi connectivity index (χ0) is 9.30. The Balaban J connectivity index is 3.39. The van der Waals surface area contributed by atoms with Crippen LogP contribution in [0.3, 0.4) is 0 Å². The molecule has 1 aromatic carbocycles. The molecule has 0 N–H and O–H groups in total. The highest BCUT2D eigenvalue weighted by Gasteiger charge is 2.13. The third-order valence-electron chi connectivity index (χ3n) is 1.57. The van der Waals surface area contributed by atoms with Gasteiger partial charge in [-0.25, -0.2) is 8.78 Å². The Morgan fingerprint density at radius 1 is 1.42 bits per heavy atom. The summed E-state index contributed by atoms with van der Waals surface area (Å²) in [6.07, 6.45) is 0. The molecule has 0 aliphatic rings. The van der Waals surface area contributed by atoms with Crippen LogP contribution < -0.4 is 4.74 Å². The molecule has 12 heavy (non-hydrogen) atoms. The van der Waals surface area contributed by atoms with E-state index in [9.17, 15) is 8.78 Å². The van der Waals surface area contributed by atoms with E-state index >= 15 is 0 Å². The van der Waals surface area contributed by atoms with Gasteiger partial charge in [0.05, 0.1) is 10.7 Å². The van der Waals surface area contributed by atoms with Crippen LogP contribution >= 0.6 is 22.6 Å². The van der Waals surface area contributed by atoms with Gasteiger partial charge in [-0.2, -0.15) is 0 Å². The number of benzene rings is 1. The van der Waals surface area contributed by atoms with Gasteiger partial charge >= 0.3 is 0 Å². The van der Waals surface area contributed by atoms with Crippen LogP contribution in [0.4, 0.5) is 8.78 Å². The third kappa shape index (κ3) is 1.53. The topological polar surface area (TPSA) is 9.23 Å². The molecule has 0 aromatic heterocycles. The molecule has 1 rings (SSSR count). The van der Waals surface area contributed by atoms with Crippen molar-refractivity contribution in [1.29, 1.82) is 0 Å². The van der Waals surface area contributed by atoms with E-state index in [1.807, 2.05) is 0 Å². The number of hydrogen-bond acceptors (Lipinski definition) is 1. The molecule has 0 atom stereocenters. The first-order valence-corrected chi connectivity index (χ1v) is 4.34. The van der Waals surface area contributed by atoms with E-state index < -0.39 is 11.6 Å². The summed E-state index contributed by atoms with van der Waals surface area (Å²) < 4.78 is 31.1. The van der Waals surface area contributed by atoms with E-state index in [0.717, 1.165) is 0 Å². The summed E-state index contributed by atoms with van der Waals surface area (Å²) in [7, 11) is 1.38. The summed E-state index contributed by atoms with van der Waals surface area (Å²) in [5.74, 6) is -0.895. The van der Waals surface area contributed by atoms with Gasteiger partial charge in [-0.05, 0) is 29.5 Å². The predicted octanol–water partition coefficient (Wildman–Crippen LogP) is 2.89. The van der Waals surface area contributed by atoms with Crippen molar-refractivity contribution >= 4 is 22.6 Å². The van der Waals surface area contributed by atoms with Crippen LogP contribution in [-0.4, -0.2) is 7.11 Å². The Bertz CT molecular complexity index is 312. The fourth-order valence-electron chi connectivity index (χ4n) is 0.813. The normalized spacial score (nSPS) is 10.1. The number of halogens is 3. The van der Waals surface area contributed by atoms with Crippen LogP contribution in [0.25, 0.3) is 0 Å². The van der Waals surface area contributed by atoms with Gasteiger partial charge in [0.2, 0.25) is 0 Å². The van der Waals surface area contributed by atoms with Gasteiger partial charge < -0.3 is 4.74 Å². The second-order valence-corrected chi connectivity index (χ2v) is 3.39. The van der Waals surface area contributed by atoms with Crippen LogP contribution in [-0.2, 0) is 0 Å². The summed E-state index contributed by atoms with van der Waals surface area (Å²) in [6, 6.07) is 1.18. The SMILES string of the molecule is COc1cc(F)c(C)c(F)c1I. The van der Waals surface area contributed by atoms with Crippen molar-refractivity contribution in [2.75, 3.05) is 7.11 Å². The molecule has 1 aromatic rings. The highest BCUT2D eigenvalue weighted by molar-refractivity contribution is 14.1. The van der Waals surface area contributed by atoms with Gasteiger partial charge in [-0.3, -0.25) is 0 Å². The van der Waals surface area contributed by atoms with Crippen LogP contribution in [0.15, 0.2) is 6.07 Å². The smallest absolute Gasteiger partial charge is 0.146 e. The summed E-state index contributed by atoms with van der Waals surface area (Å²) in [5, 5.41) is 0. The Morgan fingerprint density at radius 2 is 2.00 bits per heavy atom. The van der Waals surface area contributed by atoms with Crippen molar-refractivity contribution in [2.45, 2.75) is 6.92 Å². The molecule has 4 heteroatoms. The first-order valence-electron chi connectivity index (χ1n) is 3.26. The lowest BCUT2D eigenvalue weighted by Gasteiger charge is -2.06. The summed E-state index contributed by atoms with van der Waals surface area (Å²) >= 11 is 1.78. The molecule has 0 amide bonds. The maximum Gasteiger partial charge on any atom is 0.146 e. The van der Waals surface area contributed by atoms with Crippen molar-refractivity contribution in [3.63, 3.8) is 0 Å².